The number of unbranched alkanes of at least 4 members (excludes halogenated alkanes) is 2. The number of rotatable bonds is 8. The molecule has 0 radical (unpaired) electrons. The number of nitrogens with one attached hydrogen (secondary N) is 2. The van der Waals surface area contributed by atoms with Crippen molar-refractivity contribution in [3.8, 4) is 0 Å². The predicted octanol–water partition coefficient (Wildman–Crippen LogP) is 1.87. The molecule has 0 heterocycles. The van der Waals surface area contributed by atoms with Crippen LogP contribution in [-0.2, 0) is 0 Å². The minimum absolute atomic E-state index is 1.01. The monoisotopic (exact) mass is 185 g/mol. The first kappa shape index (κ1) is 12.3. The lowest BCUT2D eigenvalue weighted by atomic mass is 10.2. The molecule has 0 saturated heterocycles. The zero-order valence-corrected chi connectivity index (χ0v) is 8.90. The van der Waals surface area contributed by atoms with E-state index in [1.165, 1.54) is 19.3 Å². The smallest absolute Gasteiger partial charge is 0.0415 e. The first-order chi connectivity index (χ1) is 6.35. The second-order valence-corrected chi connectivity index (χ2v) is 3.23. The molecule has 0 spiro atoms. The van der Waals surface area contributed by atoms with E-state index >= 15 is 0 Å². The fraction of sp³-hybridized carbons (Fsp3) is 0.800. The SMILES string of the molecule is CCCCC/C(=C/NCCC)NN. The molecule has 78 valence electrons. The Morgan fingerprint density at radius 1 is 1.23 bits per heavy atom. The van der Waals surface area contributed by atoms with Gasteiger partial charge in [-0.25, -0.2) is 0 Å². The second-order valence-electron chi connectivity index (χ2n) is 3.23. The van der Waals surface area contributed by atoms with Gasteiger partial charge in [0.25, 0.3) is 0 Å². The van der Waals surface area contributed by atoms with E-state index in [-0.39, 0.29) is 0 Å². The molecule has 0 aliphatic heterocycles. The molecule has 13 heavy (non-hydrogen) atoms. The van der Waals surface area contributed by atoms with Crippen LogP contribution in [0.15, 0.2) is 11.9 Å². The summed E-state index contributed by atoms with van der Waals surface area (Å²) < 4.78 is 0. The van der Waals surface area contributed by atoms with Crippen LogP contribution in [0.2, 0.25) is 0 Å². The van der Waals surface area contributed by atoms with E-state index in [0.29, 0.717) is 0 Å². The van der Waals surface area contributed by atoms with E-state index in [1.54, 1.807) is 0 Å². The van der Waals surface area contributed by atoms with Gasteiger partial charge in [-0.15, -0.1) is 0 Å². The summed E-state index contributed by atoms with van der Waals surface area (Å²) in [6, 6.07) is 0. The van der Waals surface area contributed by atoms with Crippen LogP contribution in [0, 0.1) is 0 Å². The van der Waals surface area contributed by atoms with E-state index in [2.05, 4.69) is 24.6 Å². The molecule has 0 atom stereocenters. The Morgan fingerprint density at radius 3 is 2.54 bits per heavy atom. The molecule has 0 bridgehead atoms. The maximum atomic E-state index is 5.38. The van der Waals surface area contributed by atoms with Crippen molar-refractivity contribution in [2.75, 3.05) is 6.54 Å². The van der Waals surface area contributed by atoms with Crippen molar-refractivity contribution in [1.29, 1.82) is 0 Å². The van der Waals surface area contributed by atoms with Gasteiger partial charge in [-0.2, -0.15) is 0 Å². The zero-order valence-electron chi connectivity index (χ0n) is 8.90. The molecule has 0 unspecified atom stereocenters. The Morgan fingerprint density at radius 2 is 2.00 bits per heavy atom. The number of hydrazine groups is 1. The number of hydrogen-bond donors (Lipinski definition) is 3. The summed E-state index contributed by atoms with van der Waals surface area (Å²) in [6.07, 6.45) is 7.90. The summed E-state index contributed by atoms with van der Waals surface area (Å²) in [7, 11) is 0. The molecule has 0 aliphatic carbocycles. The van der Waals surface area contributed by atoms with E-state index < -0.39 is 0 Å². The molecular weight excluding hydrogens is 162 g/mol. The van der Waals surface area contributed by atoms with Crippen LogP contribution < -0.4 is 16.6 Å². The topological polar surface area (TPSA) is 50.1 Å². The normalized spacial score (nSPS) is 11.5. The fourth-order valence-electron chi connectivity index (χ4n) is 1.09. The van der Waals surface area contributed by atoms with Gasteiger partial charge in [0.05, 0.1) is 0 Å². The average molecular weight is 185 g/mol. The molecule has 0 aromatic heterocycles. The van der Waals surface area contributed by atoms with Crippen molar-refractivity contribution < 1.29 is 0 Å². The summed E-state index contributed by atoms with van der Waals surface area (Å²) in [4.78, 5) is 0. The minimum atomic E-state index is 1.01. The van der Waals surface area contributed by atoms with E-state index in [4.69, 9.17) is 5.84 Å². The lowest BCUT2D eigenvalue weighted by Crippen LogP contribution is -2.23. The van der Waals surface area contributed by atoms with Gasteiger partial charge in [0.1, 0.15) is 0 Å². The number of hydrogen-bond acceptors (Lipinski definition) is 3. The first-order valence-corrected chi connectivity index (χ1v) is 5.24. The van der Waals surface area contributed by atoms with Crippen molar-refractivity contribution >= 4 is 0 Å². The maximum absolute atomic E-state index is 5.38. The molecule has 4 N–H and O–H groups in total. The summed E-state index contributed by atoms with van der Waals surface area (Å²) in [5.74, 6) is 5.38. The first-order valence-electron chi connectivity index (χ1n) is 5.24. The number of allylic oxidation sites excluding steroid dienone is 1. The zero-order chi connectivity index (χ0) is 9.94. The van der Waals surface area contributed by atoms with Gasteiger partial charge in [-0.05, 0) is 19.3 Å². The van der Waals surface area contributed by atoms with Crippen molar-refractivity contribution in [2.45, 2.75) is 46.0 Å². The quantitative estimate of drug-likeness (QED) is 0.307. The molecule has 3 nitrogen and oxygen atoms in total. The fourth-order valence-corrected chi connectivity index (χ4v) is 1.09. The lowest BCUT2D eigenvalue weighted by Gasteiger charge is -2.06. The van der Waals surface area contributed by atoms with Crippen LogP contribution in [0.25, 0.3) is 0 Å². The van der Waals surface area contributed by atoms with Crippen LogP contribution in [0.5, 0.6) is 0 Å². The Balaban J connectivity index is 3.54. The third kappa shape index (κ3) is 7.65. The van der Waals surface area contributed by atoms with Crippen LogP contribution >= 0.6 is 0 Å². The van der Waals surface area contributed by atoms with Crippen LogP contribution in [-0.4, -0.2) is 6.54 Å². The van der Waals surface area contributed by atoms with Gasteiger partial charge < -0.3 is 10.7 Å². The molecule has 3 heteroatoms. The summed E-state index contributed by atoms with van der Waals surface area (Å²) in [5.41, 5.74) is 3.82. The molecule has 0 aromatic carbocycles. The van der Waals surface area contributed by atoms with Crippen molar-refractivity contribution in [1.82, 2.24) is 10.7 Å². The molecule has 0 amide bonds. The van der Waals surface area contributed by atoms with Gasteiger partial charge in [0, 0.05) is 18.4 Å². The van der Waals surface area contributed by atoms with Crippen LogP contribution in [0.4, 0.5) is 0 Å². The summed E-state index contributed by atoms with van der Waals surface area (Å²) >= 11 is 0. The van der Waals surface area contributed by atoms with Crippen molar-refractivity contribution in [3.05, 3.63) is 11.9 Å². The highest BCUT2D eigenvalue weighted by molar-refractivity contribution is 4.96. The van der Waals surface area contributed by atoms with Crippen LogP contribution in [0.3, 0.4) is 0 Å². The summed E-state index contributed by atoms with van der Waals surface area (Å²) in [6.45, 7) is 5.36. The third-order valence-electron chi connectivity index (χ3n) is 1.91. The minimum Gasteiger partial charge on any atom is -0.389 e. The average Bonchev–Trinajstić information content (AvgIpc) is 2.16. The third-order valence-corrected chi connectivity index (χ3v) is 1.91. The maximum Gasteiger partial charge on any atom is 0.0415 e. The van der Waals surface area contributed by atoms with Crippen LogP contribution in [0.1, 0.15) is 46.0 Å². The standard InChI is InChI=1S/C10H23N3/c1-3-5-6-7-10(13-11)9-12-8-4-2/h9,12-13H,3-8,11H2,1-2H3/b10-9-. The second kappa shape index (κ2) is 9.39. The van der Waals surface area contributed by atoms with Gasteiger partial charge in [-0.1, -0.05) is 26.7 Å². The van der Waals surface area contributed by atoms with Crippen molar-refractivity contribution in [3.63, 3.8) is 0 Å². The van der Waals surface area contributed by atoms with Gasteiger partial charge in [0.15, 0.2) is 0 Å². The number of nitrogens with two attached hydrogens (primary N) is 1. The van der Waals surface area contributed by atoms with E-state index in [0.717, 1.165) is 25.1 Å². The van der Waals surface area contributed by atoms with E-state index in [9.17, 15) is 0 Å². The van der Waals surface area contributed by atoms with Gasteiger partial charge in [-0.3, -0.25) is 5.84 Å². The molecular formula is C10H23N3. The molecule has 0 aromatic rings. The largest absolute Gasteiger partial charge is 0.389 e. The Kier molecular flexibility index (Phi) is 8.88. The highest BCUT2D eigenvalue weighted by atomic mass is 15.2. The Hall–Kier alpha value is -0.700. The molecule has 0 fully saturated rings. The lowest BCUT2D eigenvalue weighted by molar-refractivity contribution is 0.666. The van der Waals surface area contributed by atoms with E-state index in [1.807, 2.05) is 6.20 Å². The highest BCUT2D eigenvalue weighted by Gasteiger charge is 1.93. The Labute approximate surface area is 81.7 Å². The molecule has 0 saturated carbocycles. The molecule has 0 rings (SSSR count). The highest BCUT2D eigenvalue weighted by Crippen LogP contribution is 2.04. The van der Waals surface area contributed by atoms with Crippen molar-refractivity contribution in [2.24, 2.45) is 5.84 Å². The predicted molar refractivity (Wildman–Crippen MR) is 57.8 cm³/mol. The Bertz CT molecular complexity index is 132. The van der Waals surface area contributed by atoms with Gasteiger partial charge >= 0.3 is 0 Å². The van der Waals surface area contributed by atoms with Gasteiger partial charge in [0.2, 0.25) is 0 Å². The summed E-state index contributed by atoms with van der Waals surface area (Å²) in [5, 5.41) is 3.21. The molecule has 0 aliphatic rings.